The van der Waals surface area contributed by atoms with Crippen LogP contribution in [0.1, 0.15) is 165 Å². The van der Waals surface area contributed by atoms with Crippen molar-refractivity contribution in [3.8, 4) is 0 Å². The fraction of sp³-hybridized carbons (Fsp3) is 0.667. The zero-order chi connectivity index (χ0) is 67.0. The fourth-order valence-electron chi connectivity index (χ4n) is 11.3. The number of thioether (sulfide) groups is 1. The summed E-state index contributed by atoms with van der Waals surface area (Å²) in [5.74, 6) is -2.63. The highest BCUT2D eigenvalue weighted by molar-refractivity contribution is 8.00. The number of nitrogens with two attached hydrogens (primary N) is 5. The van der Waals surface area contributed by atoms with Gasteiger partial charge in [0.1, 0.15) is 6.54 Å². The molecule has 0 aliphatic carbocycles. The van der Waals surface area contributed by atoms with Crippen LogP contribution in [0.2, 0.25) is 0 Å². The molecule has 2 aromatic rings. The van der Waals surface area contributed by atoms with E-state index < -0.39 is 80.3 Å². The second kappa shape index (κ2) is 44.6. The highest BCUT2D eigenvalue weighted by atomic mass is 32.2. The van der Waals surface area contributed by atoms with Crippen LogP contribution in [0, 0.1) is 0 Å². The van der Waals surface area contributed by atoms with Gasteiger partial charge in [-0.25, -0.2) is 4.79 Å². The first-order valence-corrected chi connectivity index (χ1v) is 34.6. The summed E-state index contributed by atoms with van der Waals surface area (Å²) < 4.78 is 0. The molecule has 0 spiro atoms. The SMILES string of the molecule is C[C@@H](c1ccccc1)N(CC(N)=O)C(=O)CN(CCCCN)C(=O)CN(C(=O)CN(CCCCN)C(=O)CN(CCCCN)C(=O)CN(CCCCN)C(=O)CCCCCNC(=O)CCCCCNC(=O)CCCCC1SC[C@H]2NC(=O)N[C@@H]12)[C@@H](C)c1ccccc1. The quantitative estimate of drug-likeness (QED) is 0.0340. The molecule has 14 N–H and O–H groups in total. The number of carbonyl (C=O) groups is 10. The maximum absolute atomic E-state index is 14.9. The van der Waals surface area contributed by atoms with Crippen LogP contribution >= 0.6 is 11.8 Å². The lowest BCUT2D eigenvalue weighted by Gasteiger charge is -2.35. The molecular formula is C66H109N15O10S. The van der Waals surface area contributed by atoms with E-state index in [2.05, 4.69) is 21.3 Å². The predicted octanol–water partition coefficient (Wildman–Crippen LogP) is 3.00. The number of unbranched alkanes of at least 4 members (excludes halogenated alkanes) is 9. The van der Waals surface area contributed by atoms with E-state index in [-0.39, 0.29) is 75.0 Å². The minimum atomic E-state index is -0.726. The molecule has 0 aromatic heterocycles. The third kappa shape index (κ3) is 29.0. The number of nitrogens with one attached hydrogen (secondary N) is 4. The van der Waals surface area contributed by atoms with Crippen molar-refractivity contribution in [2.45, 2.75) is 172 Å². The molecule has 2 aliphatic rings. The van der Waals surface area contributed by atoms with Gasteiger partial charge in [0.25, 0.3) is 0 Å². The maximum atomic E-state index is 14.9. The van der Waals surface area contributed by atoms with E-state index in [9.17, 15) is 47.9 Å². The van der Waals surface area contributed by atoms with Crippen LogP contribution in [0.5, 0.6) is 0 Å². The van der Waals surface area contributed by atoms with Crippen molar-refractivity contribution >= 4 is 71.0 Å². The zero-order valence-electron chi connectivity index (χ0n) is 54.9. The number of fused-ring (bicyclic) bond motifs is 1. The Balaban J connectivity index is 1.34. The summed E-state index contributed by atoms with van der Waals surface area (Å²) in [5.41, 5.74) is 30.6. The van der Waals surface area contributed by atoms with E-state index in [1.165, 1.54) is 29.4 Å². The van der Waals surface area contributed by atoms with Gasteiger partial charge >= 0.3 is 6.03 Å². The maximum Gasteiger partial charge on any atom is 0.315 e. The molecule has 4 rings (SSSR count). The minimum Gasteiger partial charge on any atom is -0.368 e. The van der Waals surface area contributed by atoms with Gasteiger partial charge in [0.05, 0.1) is 56.9 Å². The van der Waals surface area contributed by atoms with Gasteiger partial charge in [0.15, 0.2) is 0 Å². The van der Waals surface area contributed by atoms with Crippen molar-refractivity contribution in [3.63, 3.8) is 0 Å². The van der Waals surface area contributed by atoms with Gasteiger partial charge in [-0.3, -0.25) is 43.2 Å². The number of hydrogen-bond acceptors (Lipinski definition) is 15. The molecule has 25 nitrogen and oxygen atoms in total. The number of primary amides is 1. The zero-order valence-corrected chi connectivity index (χ0v) is 55.7. The summed E-state index contributed by atoms with van der Waals surface area (Å²) in [6.45, 7) is 4.29. The van der Waals surface area contributed by atoms with Crippen molar-refractivity contribution in [2.75, 3.05) is 110 Å². The standard InChI is InChI=1S/C66H109N15O10S/c1-50(52-25-7-3-8-26-52)80(43-56(71)82)63(89)46-79(42-24-18-36-70)62(88)48-81(51(2)53-27-9-4-10-28-53)64(90)47-78(41-23-17-35-69)61(87)45-77(40-22-16-34-68)60(86)44-76(39-21-15-33-67)59(85)32-12-6-20-38-72-57(83)30-11-5-19-37-73-58(84)31-14-13-29-55-65-54(49-92-55)74-66(91)75-65/h3-4,7-10,25-28,50-51,54-55,65H,5-6,11-24,29-49,67-70H2,1-2H3,(H2,71,82)(H,72,83)(H,73,84)(H2,74,75,91)/t50-,51-,54+,55?,65+/m0/s1. The van der Waals surface area contributed by atoms with E-state index >= 15 is 0 Å². The molecule has 2 heterocycles. The van der Waals surface area contributed by atoms with E-state index in [0.29, 0.717) is 140 Å². The normalized spacial score (nSPS) is 15.5. The Morgan fingerprint density at radius 2 is 0.859 bits per heavy atom. The van der Waals surface area contributed by atoms with Gasteiger partial charge in [-0.05, 0) is 141 Å². The Hall–Kier alpha value is -6.87. The lowest BCUT2D eigenvalue weighted by molar-refractivity contribution is -0.149. The molecule has 92 heavy (non-hydrogen) atoms. The number of hydrogen-bond donors (Lipinski definition) is 9. The number of urea groups is 1. The molecule has 0 bridgehead atoms. The monoisotopic (exact) mass is 1300 g/mol. The highest BCUT2D eigenvalue weighted by Gasteiger charge is 2.42. The molecule has 2 aromatic carbocycles. The van der Waals surface area contributed by atoms with Crippen LogP contribution in [-0.2, 0) is 43.2 Å². The van der Waals surface area contributed by atoms with Crippen molar-refractivity contribution in [3.05, 3.63) is 71.8 Å². The smallest absolute Gasteiger partial charge is 0.315 e. The Morgan fingerprint density at radius 3 is 1.29 bits per heavy atom. The summed E-state index contributed by atoms with van der Waals surface area (Å²) in [6, 6.07) is 17.3. The molecule has 1 unspecified atom stereocenters. The third-order valence-electron chi connectivity index (χ3n) is 16.9. The predicted molar refractivity (Wildman–Crippen MR) is 359 cm³/mol. The summed E-state index contributed by atoms with van der Waals surface area (Å²) in [4.78, 5) is 144. The Bertz CT molecular complexity index is 2580. The first kappa shape index (κ1) is 77.6. The summed E-state index contributed by atoms with van der Waals surface area (Å²) in [6.07, 6.45) is 12.1. The van der Waals surface area contributed by atoms with Crippen LogP contribution < -0.4 is 49.9 Å². The summed E-state index contributed by atoms with van der Waals surface area (Å²) in [5, 5.41) is 12.3. The van der Waals surface area contributed by atoms with Gasteiger partial charge in [0, 0.05) is 69.5 Å². The van der Waals surface area contributed by atoms with E-state index in [0.717, 1.165) is 43.4 Å². The molecular weight excluding hydrogens is 1190 g/mol. The average molecular weight is 1300 g/mol. The number of carbonyl (C=O) groups excluding carboxylic acids is 10. The van der Waals surface area contributed by atoms with Gasteiger partial charge < -0.3 is 79.3 Å². The Morgan fingerprint density at radius 1 is 0.467 bits per heavy atom. The summed E-state index contributed by atoms with van der Waals surface area (Å²) in [7, 11) is 0. The van der Waals surface area contributed by atoms with Crippen LogP contribution in [0.15, 0.2) is 60.7 Å². The molecule has 5 atom stereocenters. The first-order chi connectivity index (χ1) is 44.4. The number of benzene rings is 2. The largest absolute Gasteiger partial charge is 0.368 e. The highest BCUT2D eigenvalue weighted by Crippen LogP contribution is 2.33. The van der Waals surface area contributed by atoms with Crippen molar-refractivity contribution in [1.82, 2.24) is 50.7 Å². The Kier molecular flexibility index (Phi) is 37.6. The second-order valence-corrected chi connectivity index (χ2v) is 25.4. The first-order valence-electron chi connectivity index (χ1n) is 33.5. The molecule has 2 aliphatic heterocycles. The van der Waals surface area contributed by atoms with Crippen LogP contribution in [-0.4, -0.2) is 216 Å². The topological polar surface area (TPSA) is 368 Å². The molecule has 2 saturated heterocycles. The lowest BCUT2D eigenvalue weighted by Crippen LogP contribution is -2.52. The number of rotatable bonds is 49. The van der Waals surface area contributed by atoms with Crippen molar-refractivity contribution in [1.29, 1.82) is 0 Å². The van der Waals surface area contributed by atoms with E-state index in [4.69, 9.17) is 28.7 Å². The molecule has 0 radical (unpaired) electrons. The van der Waals surface area contributed by atoms with Crippen LogP contribution in [0.25, 0.3) is 0 Å². The van der Waals surface area contributed by atoms with Gasteiger partial charge in [-0.2, -0.15) is 11.8 Å². The molecule has 0 saturated carbocycles. The van der Waals surface area contributed by atoms with E-state index in [1.807, 2.05) is 72.4 Å². The number of nitrogens with zero attached hydrogens (tertiary/aromatic N) is 6. The van der Waals surface area contributed by atoms with E-state index in [1.54, 1.807) is 13.8 Å². The van der Waals surface area contributed by atoms with Gasteiger partial charge in [-0.15, -0.1) is 0 Å². The lowest BCUT2D eigenvalue weighted by atomic mass is 10.0. The van der Waals surface area contributed by atoms with Crippen LogP contribution in [0.4, 0.5) is 4.79 Å². The minimum absolute atomic E-state index is 0.0304. The van der Waals surface area contributed by atoms with Gasteiger partial charge in [0.2, 0.25) is 53.2 Å². The molecule has 11 amide bonds. The fourth-order valence-corrected chi connectivity index (χ4v) is 12.9. The average Bonchev–Trinajstić information content (AvgIpc) is 1.76. The Labute approximate surface area is 549 Å². The number of amides is 11. The molecule has 514 valence electrons. The van der Waals surface area contributed by atoms with Crippen molar-refractivity contribution < 1.29 is 47.9 Å². The van der Waals surface area contributed by atoms with Crippen LogP contribution in [0.3, 0.4) is 0 Å². The third-order valence-corrected chi connectivity index (χ3v) is 18.4. The van der Waals surface area contributed by atoms with Crippen molar-refractivity contribution in [2.24, 2.45) is 28.7 Å². The second-order valence-electron chi connectivity index (χ2n) is 24.1. The van der Waals surface area contributed by atoms with Gasteiger partial charge in [-0.1, -0.05) is 79.9 Å². The summed E-state index contributed by atoms with van der Waals surface area (Å²) >= 11 is 1.88. The molecule has 2 fully saturated rings. The molecule has 26 heteroatoms.